The average molecular weight is 368 g/mol. The van der Waals surface area contributed by atoms with Gasteiger partial charge in [0.05, 0.1) is 5.69 Å². The van der Waals surface area contributed by atoms with Gasteiger partial charge in [0.1, 0.15) is 10.6 Å². The van der Waals surface area contributed by atoms with Gasteiger partial charge in [-0.2, -0.15) is 0 Å². The second-order valence-electron chi connectivity index (χ2n) is 5.06. The van der Waals surface area contributed by atoms with Gasteiger partial charge in [-0.25, -0.2) is 4.98 Å². The first kappa shape index (κ1) is 15.2. The Hall–Kier alpha value is -0.750. The van der Waals surface area contributed by atoms with E-state index in [1.165, 1.54) is 0 Å². The van der Waals surface area contributed by atoms with Crippen LogP contribution >= 0.6 is 27.3 Å². The minimum Gasteiger partial charge on any atom is -0.381 e. The van der Waals surface area contributed by atoms with Gasteiger partial charge in [-0.3, -0.25) is 0 Å². The quantitative estimate of drug-likeness (QED) is 0.790. The van der Waals surface area contributed by atoms with Gasteiger partial charge < -0.3 is 9.47 Å². The Morgan fingerprint density at radius 3 is 2.81 bits per heavy atom. The molecule has 1 saturated heterocycles. The molecule has 2 aromatic rings. The molecule has 1 aromatic carbocycles. The second-order valence-corrected chi connectivity index (χ2v) is 6.77. The third kappa shape index (κ3) is 3.06. The fourth-order valence-corrected chi connectivity index (χ4v) is 4.19. The van der Waals surface area contributed by atoms with Crippen LogP contribution < -0.4 is 0 Å². The lowest BCUT2D eigenvalue weighted by molar-refractivity contribution is -0.112. The molecule has 1 aliphatic heterocycles. The number of nitrogens with zero attached hydrogens (tertiary/aromatic N) is 1. The summed E-state index contributed by atoms with van der Waals surface area (Å²) < 4.78 is 12.7. The van der Waals surface area contributed by atoms with E-state index in [9.17, 15) is 0 Å². The summed E-state index contributed by atoms with van der Waals surface area (Å²) in [7, 11) is 0. The number of rotatable bonds is 4. The van der Waals surface area contributed by atoms with Crippen molar-refractivity contribution in [2.45, 2.75) is 25.4 Å². The number of aromatic nitrogens is 1. The van der Waals surface area contributed by atoms with E-state index in [0.29, 0.717) is 6.61 Å². The highest BCUT2D eigenvalue weighted by molar-refractivity contribution is 9.10. The Labute approximate surface area is 137 Å². The first-order valence-corrected chi connectivity index (χ1v) is 8.85. The molecule has 0 atom stereocenters. The molecule has 112 valence electrons. The Bertz CT molecular complexity index is 602. The molecule has 21 heavy (non-hydrogen) atoms. The molecule has 0 amide bonds. The lowest BCUT2D eigenvalue weighted by Crippen LogP contribution is -2.36. The van der Waals surface area contributed by atoms with Crippen LogP contribution in [0.3, 0.4) is 0 Å². The van der Waals surface area contributed by atoms with Crippen molar-refractivity contribution in [3.8, 4) is 11.3 Å². The predicted octanol–water partition coefficient (Wildman–Crippen LogP) is 4.61. The summed E-state index contributed by atoms with van der Waals surface area (Å²) in [6, 6.07) is 8.17. The van der Waals surface area contributed by atoms with E-state index in [-0.39, 0.29) is 5.60 Å². The maximum atomic E-state index is 6.09. The monoisotopic (exact) mass is 367 g/mol. The van der Waals surface area contributed by atoms with Crippen molar-refractivity contribution in [3.63, 3.8) is 0 Å². The minimum absolute atomic E-state index is 0.267. The normalized spacial score (nSPS) is 17.8. The smallest absolute Gasteiger partial charge is 0.126 e. The summed E-state index contributed by atoms with van der Waals surface area (Å²) in [5, 5.41) is 3.18. The Balaban J connectivity index is 1.94. The Morgan fingerprint density at radius 2 is 2.10 bits per heavy atom. The number of benzene rings is 1. The van der Waals surface area contributed by atoms with Crippen molar-refractivity contribution >= 4 is 27.3 Å². The minimum atomic E-state index is -0.267. The molecule has 0 radical (unpaired) electrons. The van der Waals surface area contributed by atoms with Crippen LogP contribution in [0.1, 0.15) is 24.8 Å². The van der Waals surface area contributed by atoms with Crippen molar-refractivity contribution in [1.82, 2.24) is 4.98 Å². The molecule has 0 saturated carbocycles. The van der Waals surface area contributed by atoms with Crippen LogP contribution in [0.5, 0.6) is 0 Å². The number of halogens is 1. The molecule has 0 bridgehead atoms. The van der Waals surface area contributed by atoms with Crippen LogP contribution in [0.4, 0.5) is 0 Å². The average Bonchev–Trinajstić information content (AvgIpc) is 2.99. The van der Waals surface area contributed by atoms with Crippen LogP contribution in [0.25, 0.3) is 11.3 Å². The van der Waals surface area contributed by atoms with Gasteiger partial charge >= 0.3 is 0 Å². The number of hydrogen-bond acceptors (Lipinski definition) is 4. The first-order chi connectivity index (χ1) is 10.2. The molecule has 1 aromatic heterocycles. The van der Waals surface area contributed by atoms with E-state index >= 15 is 0 Å². The summed E-state index contributed by atoms with van der Waals surface area (Å²) in [6.45, 7) is 4.22. The third-order valence-corrected chi connectivity index (χ3v) is 5.48. The van der Waals surface area contributed by atoms with E-state index in [0.717, 1.165) is 46.8 Å². The number of hydrogen-bond donors (Lipinski definition) is 0. The summed E-state index contributed by atoms with van der Waals surface area (Å²) in [5.74, 6) is 0. The fraction of sp³-hybridized carbons (Fsp3) is 0.438. The van der Waals surface area contributed by atoms with Crippen molar-refractivity contribution in [2.75, 3.05) is 19.8 Å². The first-order valence-electron chi connectivity index (χ1n) is 7.18. The summed E-state index contributed by atoms with van der Waals surface area (Å²) >= 11 is 5.28. The SMILES string of the molecule is CCOC1(c2nc(-c3ccccc3Br)cs2)CCOCC1. The largest absolute Gasteiger partial charge is 0.381 e. The van der Waals surface area contributed by atoms with E-state index < -0.39 is 0 Å². The Morgan fingerprint density at radius 1 is 1.33 bits per heavy atom. The molecule has 0 spiro atoms. The molecule has 2 heterocycles. The van der Waals surface area contributed by atoms with E-state index in [4.69, 9.17) is 14.5 Å². The zero-order valence-electron chi connectivity index (χ0n) is 12.0. The topological polar surface area (TPSA) is 31.4 Å². The van der Waals surface area contributed by atoms with Gasteiger partial charge in [-0.05, 0) is 13.0 Å². The van der Waals surface area contributed by atoms with E-state index in [1.54, 1.807) is 11.3 Å². The standard InChI is InChI=1S/C16H18BrNO2S/c1-2-20-16(7-9-19-10-8-16)15-18-14(11-21-15)12-5-3-4-6-13(12)17/h3-6,11H,2,7-10H2,1H3. The Kier molecular flexibility index (Phi) is 4.74. The molecule has 0 aliphatic carbocycles. The zero-order chi connectivity index (χ0) is 14.7. The van der Waals surface area contributed by atoms with Crippen LogP contribution in [-0.4, -0.2) is 24.8 Å². The van der Waals surface area contributed by atoms with Gasteiger partial charge in [0, 0.05) is 48.1 Å². The van der Waals surface area contributed by atoms with Crippen molar-refractivity contribution in [3.05, 3.63) is 39.1 Å². The number of ether oxygens (including phenoxy) is 2. The molecule has 3 rings (SSSR count). The molecular formula is C16H18BrNO2S. The molecule has 1 aliphatic rings. The maximum absolute atomic E-state index is 6.09. The lowest BCUT2D eigenvalue weighted by atomic mass is 9.94. The van der Waals surface area contributed by atoms with E-state index in [2.05, 4.69) is 27.4 Å². The highest BCUT2D eigenvalue weighted by Gasteiger charge is 2.38. The van der Waals surface area contributed by atoms with Gasteiger partial charge in [-0.1, -0.05) is 34.1 Å². The van der Waals surface area contributed by atoms with Crippen molar-refractivity contribution in [1.29, 1.82) is 0 Å². The van der Waals surface area contributed by atoms with E-state index in [1.807, 2.05) is 25.1 Å². The van der Waals surface area contributed by atoms with Crippen molar-refractivity contribution in [2.24, 2.45) is 0 Å². The summed E-state index contributed by atoms with van der Waals surface area (Å²) in [6.07, 6.45) is 1.76. The van der Waals surface area contributed by atoms with Crippen LogP contribution in [0.2, 0.25) is 0 Å². The van der Waals surface area contributed by atoms with Crippen LogP contribution in [0, 0.1) is 0 Å². The highest BCUT2D eigenvalue weighted by Crippen LogP contribution is 2.40. The molecule has 3 nitrogen and oxygen atoms in total. The molecule has 1 fully saturated rings. The van der Waals surface area contributed by atoms with Gasteiger partial charge in [0.15, 0.2) is 0 Å². The third-order valence-electron chi connectivity index (χ3n) is 3.76. The van der Waals surface area contributed by atoms with Crippen molar-refractivity contribution < 1.29 is 9.47 Å². The van der Waals surface area contributed by atoms with Gasteiger partial charge in [0.2, 0.25) is 0 Å². The lowest BCUT2D eigenvalue weighted by Gasteiger charge is -2.35. The maximum Gasteiger partial charge on any atom is 0.126 e. The molecule has 0 N–H and O–H groups in total. The van der Waals surface area contributed by atoms with Crippen LogP contribution in [0.15, 0.2) is 34.1 Å². The fourth-order valence-electron chi connectivity index (χ4n) is 2.67. The molecule has 0 unspecified atom stereocenters. The second kappa shape index (κ2) is 6.57. The van der Waals surface area contributed by atoms with Gasteiger partial charge in [0.25, 0.3) is 0 Å². The zero-order valence-corrected chi connectivity index (χ0v) is 14.4. The summed E-state index contributed by atoms with van der Waals surface area (Å²) in [5.41, 5.74) is 1.86. The predicted molar refractivity (Wildman–Crippen MR) is 88.6 cm³/mol. The number of thiazole rings is 1. The molecular weight excluding hydrogens is 350 g/mol. The van der Waals surface area contributed by atoms with Crippen LogP contribution in [-0.2, 0) is 15.1 Å². The van der Waals surface area contributed by atoms with Gasteiger partial charge in [-0.15, -0.1) is 11.3 Å². The summed E-state index contributed by atoms with van der Waals surface area (Å²) in [4.78, 5) is 4.86. The molecule has 5 heteroatoms. The highest BCUT2D eigenvalue weighted by atomic mass is 79.9.